The maximum atomic E-state index is 5.39. The van der Waals surface area contributed by atoms with Gasteiger partial charge in [-0.3, -0.25) is 0 Å². The molecule has 0 radical (unpaired) electrons. The molecule has 11 heavy (non-hydrogen) atoms. The molecule has 1 aromatic rings. The summed E-state index contributed by atoms with van der Waals surface area (Å²) in [7, 11) is 1.77. The van der Waals surface area contributed by atoms with Crippen molar-refractivity contribution in [3.63, 3.8) is 0 Å². The molecule has 60 valence electrons. The maximum Gasteiger partial charge on any atom is 0.222 e. The van der Waals surface area contributed by atoms with Crippen molar-refractivity contribution in [1.29, 1.82) is 0 Å². The molecule has 0 aliphatic heterocycles. The van der Waals surface area contributed by atoms with Crippen LogP contribution < -0.4 is 16.8 Å². The number of nitrogens with zero attached hydrogens (tertiary/aromatic N) is 2. The smallest absolute Gasteiger partial charge is 0.222 e. The van der Waals surface area contributed by atoms with Crippen LogP contribution in [-0.4, -0.2) is 17.0 Å². The minimum Gasteiger partial charge on any atom is -0.373 e. The Kier molecular flexibility index (Phi) is 2.22. The molecular weight excluding hydrogens is 142 g/mol. The van der Waals surface area contributed by atoms with Gasteiger partial charge in [-0.05, 0) is 0 Å². The molecule has 5 nitrogen and oxygen atoms in total. The number of hydrogen-bond donors (Lipinski definition) is 3. The minimum absolute atomic E-state index is 0.248. The Balaban J connectivity index is 3.02. The SMILES string of the molecule is CNc1cc(CN)nc(N)n1. The molecule has 0 amide bonds. The summed E-state index contributed by atoms with van der Waals surface area (Å²) < 4.78 is 0. The van der Waals surface area contributed by atoms with Crippen LogP contribution in [0.2, 0.25) is 0 Å². The van der Waals surface area contributed by atoms with Gasteiger partial charge in [-0.1, -0.05) is 0 Å². The van der Waals surface area contributed by atoms with E-state index in [1.165, 1.54) is 0 Å². The van der Waals surface area contributed by atoms with Crippen LogP contribution in [0.15, 0.2) is 6.07 Å². The normalized spacial score (nSPS) is 9.64. The number of anilines is 2. The fraction of sp³-hybridized carbons (Fsp3) is 0.333. The van der Waals surface area contributed by atoms with Crippen LogP contribution in [-0.2, 0) is 6.54 Å². The Morgan fingerprint density at radius 3 is 2.82 bits per heavy atom. The molecule has 0 saturated carbocycles. The maximum absolute atomic E-state index is 5.39. The van der Waals surface area contributed by atoms with Crippen molar-refractivity contribution in [2.24, 2.45) is 5.73 Å². The Labute approximate surface area is 64.8 Å². The number of hydrogen-bond acceptors (Lipinski definition) is 5. The van der Waals surface area contributed by atoms with E-state index in [-0.39, 0.29) is 5.95 Å². The van der Waals surface area contributed by atoms with Gasteiger partial charge >= 0.3 is 0 Å². The minimum atomic E-state index is 0.248. The lowest BCUT2D eigenvalue weighted by atomic mass is 10.4. The highest BCUT2D eigenvalue weighted by atomic mass is 15.1. The van der Waals surface area contributed by atoms with Gasteiger partial charge in [0.2, 0.25) is 5.95 Å². The van der Waals surface area contributed by atoms with Gasteiger partial charge in [0.25, 0.3) is 0 Å². The van der Waals surface area contributed by atoms with E-state index in [4.69, 9.17) is 11.5 Å². The number of rotatable bonds is 2. The molecule has 5 N–H and O–H groups in total. The van der Waals surface area contributed by atoms with Crippen molar-refractivity contribution < 1.29 is 0 Å². The largest absolute Gasteiger partial charge is 0.373 e. The summed E-state index contributed by atoms with van der Waals surface area (Å²) in [6, 6.07) is 1.76. The van der Waals surface area contributed by atoms with Gasteiger partial charge in [-0.2, -0.15) is 4.98 Å². The van der Waals surface area contributed by atoms with E-state index >= 15 is 0 Å². The molecule has 5 heteroatoms. The van der Waals surface area contributed by atoms with Crippen LogP contribution >= 0.6 is 0 Å². The molecule has 0 spiro atoms. The first kappa shape index (κ1) is 7.74. The molecular formula is C6H11N5. The second kappa shape index (κ2) is 3.16. The van der Waals surface area contributed by atoms with Gasteiger partial charge in [0, 0.05) is 19.7 Å². The zero-order chi connectivity index (χ0) is 8.27. The van der Waals surface area contributed by atoms with Gasteiger partial charge in [0.1, 0.15) is 5.82 Å². The number of nitrogens with two attached hydrogens (primary N) is 2. The van der Waals surface area contributed by atoms with Gasteiger partial charge < -0.3 is 16.8 Å². The van der Waals surface area contributed by atoms with E-state index in [2.05, 4.69) is 15.3 Å². The quantitative estimate of drug-likeness (QED) is 0.536. The van der Waals surface area contributed by atoms with Gasteiger partial charge in [-0.15, -0.1) is 0 Å². The topological polar surface area (TPSA) is 89.8 Å². The van der Waals surface area contributed by atoms with Crippen LogP contribution in [0.4, 0.5) is 11.8 Å². The van der Waals surface area contributed by atoms with Gasteiger partial charge in [0.15, 0.2) is 0 Å². The summed E-state index contributed by atoms with van der Waals surface area (Å²) in [5.74, 6) is 0.940. The van der Waals surface area contributed by atoms with Crippen molar-refractivity contribution >= 4 is 11.8 Å². The monoisotopic (exact) mass is 153 g/mol. The number of nitrogens with one attached hydrogen (secondary N) is 1. The summed E-state index contributed by atoms with van der Waals surface area (Å²) in [4.78, 5) is 7.80. The van der Waals surface area contributed by atoms with E-state index in [0.29, 0.717) is 12.4 Å². The first-order valence-electron chi connectivity index (χ1n) is 3.27. The van der Waals surface area contributed by atoms with Crippen LogP contribution in [0.5, 0.6) is 0 Å². The van der Waals surface area contributed by atoms with E-state index < -0.39 is 0 Å². The first-order valence-corrected chi connectivity index (χ1v) is 3.27. The third-order valence-electron chi connectivity index (χ3n) is 1.26. The van der Waals surface area contributed by atoms with Crippen molar-refractivity contribution in [1.82, 2.24) is 9.97 Å². The highest BCUT2D eigenvalue weighted by Crippen LogP contribution is 2.05. The van der Waals surface area contributed by atoms with Crippen LogP contribution in [0.25, 0.3) is 0 Å². The second-order valence-corrected chi connectivity index (χ2v) is 2.06. The molecule has 0 aliphatic rings. The number of aromatic nitrogens is 2. The van der Waals surface area contributed by atoms with Gasteiger partial charge in [-0.25, -0.2) is 4.98 Å². The van der Waals surface area contributed by atoms with Gasteiger partial charge in [0.05, 0.1) is 5.69 Å². The van der Waals surface area contributed by atoms with E-state index in [9.17, 15) is 0 Å². The zero-order valence-corrected chi connectivity index (χ0v) is 6.33. The number of nitrogen functional groups attached to an aromatic ring is 1. The lowest BCUT2D eigenvalue weighted by Gasteiger charge is -2.01. The molecule has 0 bridgehead atoms. The Bertz CT molecular complexity index is 224. The molecule has 0 saturated heterocycles. The van der Waals surface area contributed by atoms with E-state index in [1.54, 1.807) is 13.1 Å². The molecule has 0 atom stereocenters. The summed E-state index contributed by atoms with van der Waals surface area (Å²) in [6.45, 7) is 0.376. The van der Waals surface area contributed by atoms with Crippen LogP contribution in [0, 0.1) is 0 Å². The van der Waals surface area contributed by atoms with E-state index in [0.717, 1.165) is 5.69 Å². The predicted molar refractivity (Wildman–Crippen MR) is 43.9 cm³/mol. The second-order valence-electron chi connectivity index (χ2n) is 2.06. The van der Waals surface area contributed by atoms with Crippen LogP contribution in [0.3, 0.4) is 0 Å². The van der Waals surface area contributed by atoms with Crippen molar-refractivity contribution in [2.75, 3.05) is 18.1 Å². The Hall–Kier alpha value is -1.36. The average molecular weight is 153 g/mol. The zero-order valence-electron chi connectivity index (χ0n) is 6.33. The van der Waals surface area contributed by atoms with E-state index in [1.807, 2.05) is 0 Å². The average Bonchev–Trinajstić information content (AvgIpc) is 2.03. The third kappa shape index (κ3) is 1.78. The van der Waals surface area contributed by atoms with Crippen molar-refractivity contribution in [2.45, 2.75) is 6.54 Å². The van der Waals surface area contributed by atoms with Crippen molar-refractivity contribution in [3.05, 3.63) is 11.8 Å². The summed E-state index contributed by atoms with van der Waals surface area (Å²) in [5.41, 5.74) is 11.5. The summed E-state index contributed by atoms with van der Waals surface area (Å²) in [6.07, 6.45) is 0. The molecule has 0 unspecified atom stereocenters. The van der Waals surface area contributed by atoms with Crippen LogP contribution in [0.1, 0.15) is 5.69 Å². The predicted octanol–water partition coefficient (Wildman–Crippen LogP) is -0.441. The third-order valence-corrected chi connectivity index (χ3v) is 1.26. The molecule has 1 aromatic heterocycles. The van der Waals surface area contributed by atoms with Crippen molar-refractivity contribution in [3.8, 4) is 0 Å². The summed E-state index contributed by atoms with van der Waals surface area (Å²) >= 11 is 0. The standard InChI is InChI=1S/C6H11N5/c1-9-5-2-4(3-7)10-6(8)11-5/h2H,3,7H2,1H3,(H3,8,9,10,11). The fourth-order valence-electron chi connectivity index (χ4n) is 0.751. The Morgan fingerprint density at radius 1 is 1.55 bits per heavy atom. The molecule has 0 aromatic carbocycles. The molecule has 1 heterocycles. The summed E-state index contributed by atoms with van der Waals surface area (Å²) in [5, 5.41) is 2.86. The molecule has 0 fully saturated rings. The lowest BCUT2D eigenvalue weighted by Crippen LogP contribution is -2.06. The lowest BCUT2D eigenvalue weighted by molar-refractivity contribution is 0.973. The fourth-order valence-corrected chi connectivity index (χ4v) is 0.751. The first-order chi connectivity index (χ1) is 5.26. The molecule has 0 aliphatic carbocycles. The highest BCUT2D eigenvalue weighted by Gasteiger charge is 1.97. The molecule has 1 rings (SSSR count). The Morgan fingerprint density at radius 2 is 2.27 bits per heavy atom. The highest BCUT2D eigenvalue weighted by molar-refractivity contribution is 5.39.